The summed E-state index contributed by atoms with van der Waals surface area (Å²) in [4.78, 5) is 24.0. The fraction of sp³-hybridized carbons (Fsp3) is 0.312. The standard InChI is InChI=1S/C32H35FN2O6S/c1-5-39-29(36)17-23-9-10-25(31(34)37)16-28(23)41-19-20-13-24-11-12-40-30(24)26(14-20)21-7-6-8-22(15-21)27(18-33)35-42(38)32(2,3)4/h6-16,27,35H,5,17-19H2,1-4H3,(H2,34,37). The Kier molecular flexibility index (Phi) is 9.93. The summed E-state index contributed by atoms with van der Waals surface area (Å²) in [6.07, 6.45) is 1.57. The number of benzene rings is 3. The van der Waals surface area contributed by atoms with Crippen LogP contribution in [0.3, 0.4) is 0 Å². The van der Waals surface area contributed by atoms with Crippen molar-refractivity contribution in [2.75, 3.05) is 13.3 Å². The molecule has 0 bridgehead atoms. The van der Waals surface area contributed by atoms with Crippen LogP contribution < -0.4 is 15.2 Å². The van der Waals surface area contributed by atoms with Crippen LogP contribution in [0.15, 0.2) is 71.3 Å². The molecule has 0 aliphatic carbocycles. The van der Waals surface area contributed by atoms with Gasteiger partial charge in [0.15, 0.2) is 0 Å². The number of ether oxygens (including phenoxy) is 2. The molecule has 2 unspecified atom stereocenters. The number of halogens is 1. The van der Waals surface area contributed by atoms with Crippen LogP contribution in [-0.2, 0) is 33.9 Å². The summed E-state index contributed by atoms with van der Waals surface area (Å²) >= 11 is -1.45. The van der Waals surface area contributed by atoms with Gasteiger partial charge in [0.2, 0.25) is 5.91 Å². The van der Waals surface area contributed by atoms with Gasteiger partial charge >= 0.3 is 5.97 Å². The number of carbonyl (C=O) groups excluding carboxylic acids is 2. The highest BCUT2D eigenvalue weighted by Gasteiger charge is 2.30. The number of hydrogen-bond donors (Lipinski definition) is 2. The van der Waals surface area contributed by atoms with Gasteiger partial charge in [0.1, 0.15) is 35.4 Å². The molecule has 42 heavy (non-hydrogen) atoms. The number of hydrogen-bond acceptors (Lipinski definition) is 7. The number of furan rings is 1. The van der Waals surface area contributed by atoms with E-state index in [1.807, 2.05) is 57.2 Å². The molecular weight excluding hydrogens is 559 g/mol. The van der Waals surface area contributed by atoms with E-state index in [1.165, 1.54) is 6.07 Å². The maximum atomic E-state index is 14.1. The van der Waals surface area contributed by atoms with Gasteiger partial charge in [0, 0.05) is 33.4 Å². The number of alkyl halides is 1. The molecule has 0 saturated carbocycles. The van der Waals surface area contributed by atoms with Crippen molar-refractivity contribution in [3.8, 4) is 16.9 Å². The summed E-state index contributed by atoms with van der Waals surface area (Å²) in [6, 6.07) is 17.0. The second kappa shape index (κ2) is 13.4. The fourth-order valence-electron chi connectivity index (χ4n) is 4.38. The van der Waals surface area contributed by atoms with Gasteiger partial charge < -0.3 is 24.2 Å². The average Bonchev–Trinajstić information content (AvgIpc) is 3.43. The minimum atomic E-state index is -1.45. The van der Waals surface area contributed by atoms with Gasteiger partial charge in [-0.15, -0.1) is 4.72 Å². The third-order valence-electron chi connectivity index (χ3n) is 6.56. The van der Waals surface area contributed by atoms with Gasteiger partial charge in [0.05, 0.1) is 19.3 Å². The Balaban J connectivity index is 1.65. The lowest BCUT2D eigenvalue weighted by molar-refractivity contribution is -0.142. The topological polar surface area (TPSA) is 127 Å². The molecule has 3 aromatic carbocycles. The van der Waals surface area contributed by atoms with E-state index in [2.05, 4.69) is 4.72 Å². The first-order valence-corrected chi connectivity index (χ1v) is 14.7. The molecule has 1 aromatic heterocycles. The van der Waals surface area contributed by atoms with Gasteiger partial charge in [-0.25, -0.2) is 4.39 Å². The van der Waals surface area contributed by atoms with Crippen molar-refractivity contribution >= 4 is 34.2 Å². The Hall–Kier alpha value is -3.86. The van der Waals surface area contributed by atoms with E-state index in [9.17, 15) is 18.5 Å². The van der Waals surface area contributed by atoms with Crippen LogP contribution in [0.4, 0.5) is 4.39 Å². The van der Waals surface area contributed by atoms with E-state index in [4.69, 9.17) is 19.6 Å². The third-order valence-corrected chi connectivity index (χ3v) is 8.17. The minimum absolute atomic E-state index is 0.0230. The Labute approximate surface area is 247 Å². The molecule has 0 aliphatic rings. The van der Waals surface area contributed by atoms with E-state index in [0.29, 0.717) is 22.5 Å². The highest BCUT2D eigenvalue weighted by Crippen LogP contribution is 2.34. The number of esters is 1. The number of nitrogens with one attached hydrogen (secondary N) is 1. The van der Waals surface area contributed by atoms with Crippen molar-refractivity contribution < 1.29 is 32.4 Å². The summed E-state index contributed by atoms with van der Waals surface area (Å²) < 4.78 is 46.1. The van der Waals surface area contributed by atoms with Crippen LogP contribution in [0, 0.1) is 0 Å². The smallest absolute Gasteiger partial charge is 0.310 e. The lowest BCUT2D eigenvalue weighted by Gasteiger charge is -2.27. The first-order valence-electron chi connectivity index (χ1n) is 13.6. The van der Waals surface area contributed by atoms with Gasteiger partial charge in [-0.05, 0) is 80.8 Å². The zero-order chi connectivity index (χ0) is 30.4. The molecule has 8 nitrogen and oxygen atoms in total. The van der Waals surface area contributed by atoms with Crippen molar-refractivity contribution in [2.45, 2.75) is 51.5 Å². The van der Waals surface area contributed by atoms with Crippen LogP contribution in [0.1, 0.15) is 60.8 Å². The molecular formula is C32H35FN2O6S. The highest BCUT2D eigenvalue weighted by atomic mass is 32.2. The molecule has 4 rings (SSSR count). The molecule has 2 atom stereocenters. The monoisotopic (exact) mass is 594 g/mol. The van der Waals surface area contributed by atoms with E-state index in [1.54, 1.807) is 31.4 Å². The largest absolute Gasteiger partial charge is 0.598 e. The number of amides is 1. The van der Waals surface area contributed by atoms with Gasteiger partial charge in [-0.1, -0.05) is 24.3 Å². The zero-order valence-electron chi connectivity index (χ0n) is 24.1. The lowest BCUT2D eigenvalue weighted by Crippen LogP contribution is -2.41. The van der Waals surface area contributed by atoms with Crippen molar-refractivity contribution in [1.82, 2.24) is 4.72 Å². The maximum absolute atomic E-state index is 14.1. The Morgan fingerprint density at radius 2 is 1.90 bits per heavy atom. The number of rotatable bonds is 12. The summed E-state index contributed by atoms with van der Waals surface area (Å²) in [5.74, 6) is -0.681. The zero-order valence-corrected chi connectivity index (χ0v) is 24.9. The normalized spacial score (nSPS) is 13.1. The van der Waals surface area contributed by atoms with Crippen molar-refractivity contribution in [3.05, 3.63) is 89.2 Å². The number of nitrogens with two attached hydrogens (primary N) is 1. The molecule has 10 heteroatoms. The van der Waals surface area contributed by atoms with E-state index >= 15 is 0 Å². The van der Waals surface area contributed by atoms with Crippen LogP contribution >= 0.6 is 0 Å². The van der Waals surface area contributed by atoms with E-state index in [-0.39, 0.29) is 25.2 Å². The summed E-state index contributed by atoms with van der Waals surface area (Å²) in [6.45, 7) is 6.84. The minimum Gasteiger partial charge on any atom is -0.598 e. The molecule has 0 saturated heterocycles. The number of fused-ring (bicyclic) bond motifs is 1. The van der Waals surface area contributed by atoms with Crippen LogP contribution in [0.5, 0.6) is 5.75 Å². The number of primary amides is 1. The van der Waals surface area contributed by atoms with Gasteiger partial charge in [-0.3, -0.25) is 9.59 Å². The summed E-state index contributed by atoms with van der Waals surface area (Å²) in [7, 11) is 0. The van der Waals surface area contributed by atoms with Crippen molar-refractivity contribution in [2.24, 2.45) is 5.73 Å². The molecule has 0 radical (unpaired) electrons. The second-order valence-corrected chi connectivity index (χ2v) is 12.8. The summed E-state index contributed by atoms with van der Waals surface area (Å²) in [5.41, 5.74) is 9.95. The van der Waals surface area contributed by atoms with Crippen molar-refractivity contribution in [3.63, 3.8) is 0 Å². The average molecular weight is 595 g/mol. The van der Waals surface area contributed by atoms with Crippen LogP contribution in [0.25, 0.3) is 22.1 Å². The molecule has 1 amide bonds. The molecule has 4 aromatic rings. The van der Waals surface area contributed by atoms with E-state index in [0.717, 1.165) is 22.1 Å². The Morgan fingerprint density at radius 1 is 1.12 bits per heavy atom. The predicted octanol–water partition coefficient (Wildman–Crippen LogP) is 5.95. The number of carbonyl (C=O) groups is 2. The quantitative estimate of drug-likeness (QED) is 0.153. The molecule has 222 valence electrons. The fourth-order valence-corrected chi connectivity index (χ4v) is 5.19. The first kappa shape index (κ1) is 31.1. The summed E-state index contributed by atoms with van der Waals surface area (Å²) in [5, 5.41) is 0.836. The lowest BCUT2D eigenvalue weighted by atomic mass is 9.97. The van der Waals surface area contributed by atoms with Crippen LogP contribution in [0.2, 0.25) is 0 Å². The van der Waals surface area contributed by atoms with Gasteiger partial charge in [-0.2, -0.15) is 0 Å². The Morgan fingerprint density at radius 3 is 2.60 bits per heavy atom. The third kappa shape index (κ3) is 7.50. The predicted molar refractivity (Wildman–Crippen MR) is 161 cm³/mol. The molecule has 0 spiro atoms. The molecule has 1 heterocycles. The maximum Gasteiger partial charge on any atom is 0.310 e. The molecule has 0 fully saturated rings. The highest BCUT2D eigenvalue weighted by molar-refractivity contribution is 7.90. The second-order valence-electron chi connectivity index (χ2n) is 10.8. The van der Waals surface area contributed by atoms with E-state index < -0.39 is 40.7 Å². The van der Waals surface area contributed by atoms with Gasteiger partial charge in [0.25, 0.3) is 0 Å². The first-order chi connectivity index (χ1) is 20.0. The molecule has 3 N–H and O–H groups in total. The van der Waals surface area contributed by atoms with Crippen LogP contribution in [-0.4, -0.2) is 34.5 Å². The Bertz CT molecular complexity index is 1560. The SMILES string of the molecule is CCOC(=O)Cc1ccc(C(N)=O)cc1OCc1cc(-c2cccc(C(CF)N[S+]([O-])C(C)(C)C)c2)c2occc2c1. The van der Waals surface area contributed by atoms with Crippen molar-refractivity contribution in [1.29, 1.82) is 0 Å². The molecule has 0 aliphatic heterocycles.